The third-order valence-corrected chi connectivity index (χ3v) is 4.60. The largest absolute Gasteiger partial charge is 0.371 e. The summed E-state index contributed by atoms with van der Waals surface area (Å²) >= 11 is 0. The standard InChI is InChI=1S/C18H30N2/c1-4-17(19)13-16-12-15(3)7-8-18(16)20-10-5-6-14(2)9-11-20/h7-8,12,14,17H,4-6,9-11,13,19H2,1-3H3. The zero-order valence-corrected chi connectivity index (χ0v) is 13.4. The maximum atomic E-state index is 6.19. The number of anilines is 1. The molecule has 1 heterocycles. The number of nitrogens with two attached hydrogens (primary N) is 1. The SMILES string of the molecule is CCC(N)Cc1cc(C)ccc1N1CCCC(C)CC1. The van der Waals surface area contributed by atoms with Gasteiger partial charge in [0.25, 0.3) is 0 Å². The van der Waals surface area contributed by atoms with Crippen LogP contribution < -0.4 is 10.6 Å². The Bertz CT molecular complexity index is 427. The molecule has 0 spiro atoms. The van der Waals surface area contributed by atoms with E-state index >= 15 is 0 Å². The van der Waals surface area contributed by atoms with Crippen molar-refractivity contribution in [3.8, 4) is 0 Å². The van der Waals surface area contributed by atoms with Gasteiger partial charge >= 0.3 is 0 Å². The van der Waals surface area contributed by atoms with Gasteiger partial charge in [-0.3, -0.25) is 0 Å². The molecule has 2 rings (SSSR count). The third kappa shape index (κ3) is 3.99. The Kier molecular flexibility index (Phi) is 5.47. The molecule has 2 nitrogen and oxygen atoms in total. The molecule has 1 fully saturated rings. The van der Waals surface area contributed by atoms with Gasteiger partial charge in [-0.05, 0) is 56.6 Å². The monoisotopic (exact) mass is 274 g/mol. The van der Waals surface area contributed by atoms with Gasteiger partial charge in [-0.25, -0.2) is 0 Å². The third-order valence-electron chi connectivity index (χ3n) is 4.60. The van der Waals surface area contributed by atoms with Crippen molar-refractivity contribution in [1.82, 2.24) is 0 Å². The van der Waals surface area contributed by atoms with Crippen molar-refractivity contribution < 1.29 is 0 Å². The van der Waals surface area contributed by atoms with Gasteiger partial charge in [0.15, 0.2) is 0 Å². The van der Waals surface area contributed by atoms with Crippen molar-refractivity contribution in [2.75, 3.05) is 18.0 Å². The number of hydrogen-bond donors (Lipinski definition) is 1. The minimum atomic E-state index is 0.279. The summed E-state index contributed by atoms with van der Waals surface area (Å²) in [6.45, 7) is 9.12. The van der Waals surface area contributed by atoms with Gasteiger partial charge in [-0.2, -0.15) is 0 Å². The number of rotatable bonds is 4. The normalized spacial score (nSPS) is 21.6. The van der Waals surface area contributed by atoms with Crippen LogP contribution in [0.25, 0.3) is 0 Å². The second-order valence-electron chi connectivity index (χ2n) is 6.53. The predicted molar refractivity (Wildman–Crippen MR) is 88.4 cm³/mol. The van der Waals surface area contributed by atoms with E-state index in [4.69, 9.17) is 5.73 Å². The molecule has 2 heteroatoms. The molecule has 1 saturated heterocycles. The predicted octanol–water partition coefficient (Wildman–Crippen LogP) is 3.90. The van der Waals surface area contributed by atoms with E-state index in [2.05, 4.69) is 43.9 Å². The van der Waals surface area contributed by atoms with Crippen LogP contribution >= 0.6 is 0 Å². The summed E-state index contributed by atoms with van der Waals surface area (Å²) in [5.74, 6) is 0.867. The molecule has 0 saturated carbocycles. The van der Waals surface area contributed by atoms with Crippen LogP contribution in [0, 0.1) is 12.8 Å². The van der Waals surface area contributed by atoms with E-state index in [1.54, 1.807) is 0 Å². The van der Waals surface area contributed by atoms with Gasteiger partial charge in [-0.15, -0.1) is 0 Å². The van der Waals surface area contributed by atoms with Crippen LogP contribution in [0.3, 0.4) is 0 Å². The van der Waals surface area contributed by atoms with Crippen molar-refractivity contribution in [3.63, 3.8) is 0 Å². The highest BCUT2D eigenvalue weighted by Crippen LogP contribution is 2.27. The molecule has 0 aliphatic carbocycles. The van der Waals surface area contributed by atoms with Crippen molar-refractivity contribution >= 4 is 5.69 Å². The molecule has 2 atom stereocenters. The van der Waals surface area contributed by atoms with E-state index in [9.17, 15) is 0 Å². The highest BCUT2D eigenvalue weighted by Gasteiger charge is 2.17. The molecule has 1 aliphatic rings. The molecule has 1 aliphatic heterocycles. The average Bonchev–Trinajstić information content (AvgIpc) is 2.64. The molecular weight excluding hydrogens is 244 g/mol. The molecule has 2 unspecified atom stereocenters. The summed E-state index contributed by atoms with van der Waals surface area (Å²) < 4.78 is 0. The quantitative estimate of drug-likeness (QED) is 0.902. The lowest BCUT2D eigenvalue weighted by atomic mass is 10.00. The fourth-order valence-electron chi connectivity index (χ4n) is 3.12. The number of nitrogens with zero attached hydrogens (tertiary/aromatic N) is 1. The molecule has 1 aromatic rings. The Morgan fingerprint density at radius 1 is 1.30 bits per heavy atom. The fourth-order valence-corrected chi connectivity index (χ4v) is 3.12. The first-order valence-corrected chi connectivity index (χ1v) is 8.20. The van der Waals surface area contributed by atoms with Crippen LogP contribution in [-0.4, -0.2) is 19.1 Å². The van der Waals surface area contributed by atoms with Crippen LogP contribution in [0.2, 0.25) is 0 Å². The summed E-state index contributed by atoms with van der Waals surface area (Å²) in [7, 11) is 0. The van der Waals surface area contributed by atoms with Gasteiger partial charge in [0.1, 0.15) is 0 Å². The zero-order valence-electron chi connectivity index (χ0n) is 13.4. The molecule has 1 aromatic carbocycles. The minimum absolute atomic E-state index is 0.279. The molecule has 0 aromatic heterocycles. The van der Waals surface area contributed by atoms with Crippen LogP contribution in [0.5, 0.6) is 0 Å². The van der Waals surface area contributed by atoms with Crippen molar-refractivity contribution in [3.05, 3.63) is 29.3 Å². The van der Waals surface area contributed by atoms with E-state index in [1.807, 2.05) is 0 Å². The van der Waals surface area contributed by atoms with Crippen molar-refractivity contribution in [2.45, 2.75) is 58.9 Å². The highest BCUT2D eigenvalue weighted by molar-refractivity contribution is 5.55. The zero-order chi connectivity index (χ0) is 14.5. The van der Waals surface area contributed by atoms with Crippen LogP contribution in [0.1, 0.15) is 50.7 Å². The van der Waals surface area contributed by atoms with Gasteiger partial charge < -0.3 is 10.6 Å². The summed E-state index contributed by atoms with van der Waals surface area (Å²) in [5, 5.41) is 0. The second kappa shape index (κ2) is 7.12. The molecular formula is C18H30N2. The van der Waals surface area contributed by atoms with Gasteiger partial charge in [-0.1, -0.05) is 31.5 Å². The lowest BCUT2D eigenvalue weighted by Gasteiger charge is -2.27. The van der Waals surface area contributed by atoms with Crippen LogP contribution in [0.4, 0.5) is 5.69 Å². The van der Waals surface area contributed by atoms with E-state index in [1.165, 1.54) is 49.2 Å². The summed E-state index contributed by atoms with van der Waals surface area (Å²) in [6.07, 6.45) is 6.04. The molecule has 112 valence electrons. The van der Waals surface area contributed by atoms with Crippen molar-refractivity contribution in [2.24, 2.45) is 11.7 Å². The van der Waals surface area contributed by atoms with Crippen LogP contribution in [0.15, 0.2) is 18.2 Å². The summed E-state index contributed by atoms with van der Waals surface area (Å²) in [5.41, 5.74) is 10.4. The van der Waals surface area contributed by atoms with E-state index in [0.29, 0.717) is 0 Å². The fraction of sp³-hybridized carbons (Fsp3) is 0.667. The number of aryl methyl sites for hydroxylation is 1. The average molecular weight is 274 g/mol. The second-order valence-corrected chi connectivity index (χ2v) is 6.53. The van der Waals surface area contributed by atoms with Crippen LogP contribution in [-0.2, 0) is 6.42 Å². The van der Waals surface area contributed by atoms with Gasteiger partial charge in [0, 0.05) is 24.8 Å². The first-order chi connectivity index (χ1) is 9.60. The van der Waals surface area contributed by atoms with E-state index < -0.39 is 0 Å². The molecule has 20 heavy (non-hydrogen) atoms. The number of hydrogen-bond acceptors (Lipinski definition) is 2. The van der Waals surface area contributed by atoms with E-state index in [-0.39, 0.29) is 6.04 Å². The molecule has 2 N–H and O–H groups in total. The highest BCUT2D eigenvalue weighted by atomic mass is 15.1. The van der Waals surface area contributed by atoms with Gasteiger partial charge in [0.2, 0.25) is 0 Å². The molecule has 0 amide bonds. The van der Waals surface area contributed by atoms with Crippen molar-refractivity contribution in [1.29, 1.82) is 0 Å². The Morgan fingerprint density at radius 2 is 2.10 bits per heavy atom. The first-order valence-electron chi connectivity index (χ1n) is 8.20. The lowest BCUT2D eigenvalue weighted by Crippen LogP contribution is -2.28. The molecule has 0 radical (unpaired) electrons. The maximum absolute atomic E-state index is 6.19. The lowest BCUT2D eigenvalue weighted by molar-refractivity contribution is 0.521. The smallest absolute Gasteiger partial charge is 0.0399 e. The molecule has 0 bridgehead atoms. The number of benzene rings is 1. The maximum Gasteiger partial charge on any atom is 0.0399 e. The van der Waals surface area contributed by atoms with Gasteiger partial charge in [0.05, 0.1) is 0 Å². The topological polar surface area (TPSA) is 29.3 Å². The summed E-state index contributed by atoms with van der Waals surface area (Å²) in [4.78, 5) is 2.58. The minimum Gasteiger partial charge on any atom is -0.371 e. The van der Waals surface area contributed by atoms with E-state index in [0.717, 1.165) is 18.8 Å². The first kappa shape index (κ1) is 15.4. The Balaban J connectivity index is 2.20. The Labute approximate surface area is 124 Å². The Hall–Kier alpha value is -1.02. The Morgan fingerprint density at radius 3 is 2.85 bits per heavy atom. The summed E-state index contributed by atoms with van der Waals surface area (Å²) in [6, 6.07) is 7.16.